The van der Waals surface area contributed by atoms with Gasteiger partial charge in [-0.2, -0.15) is 9.78 Å². The molecule has 0 radical (unpaired) electrons. The Morgan fingerprint density at radius 3 is 2.41 bits per heavy atom. The molecule has 1 amide bonds. The zero-order chi connectivity index (χ0) is 22.9. The predicted molar refractivity (Wildman–Crippen MR) is 121 cm³/mol. The van der Waals surface area contributed by atoms with Gasteiger partial charge in [0.2, 0.25) is 0 Å². The van der Waals surface area contributed by atoms with Crippen LogP contribution >= 0.6 is 0 Å². The van der Waals surface area contributed by atoms with Gasteiger partial charge in [-0.25, -0.2) is 4.79 Å². The van der Waals surface area contributed by atoms with Gasteiger partial charge in [0.25, 0.3) is 11.5 Å². The monoisotopic (exact) mass is 435 g/mol. The summed E-state index contributed by atoms with van der Waals surface area (Å²) in [5, 5.41) is 6.76. The third-order valence-electron chi connectivity index (χ3n) is 4.53. The maximum atomic E-state index is 12.7. The summed E-state index contributed by atoms with van der Waals surface area (Å²) in [6.07, 6.45) is 1.97. The Morgan fingerprint density at radius 1 is 1.03 bits per heavy atom. The average molecular weight is 435 g/mol. The standard InChI is InChI=1S/C24H25N3O5/c1-3-5-15-32-19-13-11-17(12-14-19)23(29)25-20-16-21(28)27(18-9-7-6-8-10-18)26-22(20)24(30)31-4-2/h6-14,16H,3-5,15H2,1-2H3,(H,25,29). The van der Waals surface area contributed by atoms with Crippen molar-refractivity contribution in [1.82, 2.24) is 9.78 Å². The van der Waals surface area contributed by atoms with E-state index in [9.17, 15) is 14.4 Å². The normalized spacial score (nSPS) is 10.4. The molecule has 0 atom stereocenters. The van der Waals surface area contributed by atoms with Crippen LogP contribution in [0.2, 0.25) is 0 Å². The molecule has 8 nitrogen and oxygen atoms in total. The lowest BCUT2D eigenvalue weighted by molar-refractivity contribution is 0.0518. The quantitative estimate of drug-likeness (QED) is 0.405. The fourth-order valence-corrected chi connectivity index (χ4v) is 2.89. The van der Waals surface area contributed by atoms with E-state index in [0.717, 1.165) is 23.6 Å². The van der Waals surface area contributed by atoms with E-state index in [4.69, 9.17) is 9.47 Å². The molecule has 166 valence electrons. The highest BCUT2D eigenvalue weighted by atomic mass is 16.5. The van der Waals surface area contributed by atoms with Crippen molar-refractivity contribution in [2.24, 2.45) is 0 Å². The second-order valence-electron chi connectivity index (χ2n) is 6.89. The van der Waals surface area contributed by atoms with Crippen molar-refractivity contribution in [1.29, 1.82) is 0 Å². The van der Waals surface area contributed by atoms with Crippen LogP contribution in [-0.4, -0.2) is 34.9 Å². The van der Waals surface area contributed by atoms with E-state index in [-0.39, 0.29) is 18.0 Å². The molecule has 1 aromatic heterocycles. The van der Waals surface area contributed by atoms with Crippen molar-refractivity contribution >= 4 is 17.6 Å². The number of hydrogen-bond acceptors (Lipinski definition) is 6. The Kier molecular flexibility index (Phi) is 7.75. The lowest BCUT2D eigenvalue weighted by Crippen LogP contribution is -2.27. The molecule has 1 heterocycles. The van der Waals surface area contributed by atoms with Crippen LogP contribution in [0.1, 0.15) is 47.5 Å². The molecule has 3 aromatic rings. The zero-order valence-corrected chi connectivity index (χ0v) is 18.0. The molecule has 0 aliphatic carbocycles. The number of amides is 1. The molecule has 0 saturated carbocycles. The summed E-state index contributed by atoms with van der Waals surface area (Å²) in [6.45, 7) is 4.47. The smallest absolute Gasteiger partial charge is 0.360 e. The van der Waals surface area contributed by atoms with Crippen molar-refractivity contribution in [3.63, 3.8) is 0 Å². The Hall–Kier alpha value is -3.94. The van der Waals surface area contributed by atoms with Gasteiger partial charge in [-0.1, -0.05) is 31.5 Å². The first-order chi connectivity index (χ1) is 15.5. The third kappa shape index (κ3) is 5.60. The topological polar surface area (TPSA) is 99.5 Å². The van der Waals surface area contributed by atoms with Crippen LogP contribution in [0.4, 0.5) is 5.69 Å². The number of nitrogens with one attached hydrogen (secondary N) is 1. The molecule has 2 aromatic carbocycles. The Labute approximate surface area is 185 Å². The molecule has 3 rings (SSSR count). The van der Waals surface area contributed by atoms with Crippen LogP contribution in [0, 0.1) is 0 Å². The first kappa shape index (κ1) is 22.7. The summed E-state index contributed by atoms with van der Waals surface area (Å²) in [7, 11) is 0. The van der Waals surface area contributed by atoms with E-state index in [2.05, 4.69) is 17.3 Å². The molecule has 0 fully saturated rings. The van der Waals surface area contributed by atoms with Crippen molar-refractivity contribution < 1.29 is 19.1 Å². The number of unbranched alkanes of at least 4 members (excludes halogenated alkanes) is 1. The summed E-state index contributed by atoms with van der Waals surface area (Å²) in [5.41, 5.74) is 0.144. The van der Waals surface area contributed by atoms with Crippen LogP contribution in [-0.2, 0) is 4.74 Å². The fraction of sp³-hybridized carbons (Fsp3) is 0.250. The number of ether oxygens (including phenoxy) is 2. The van der Waals surface area contributed by atoms with E-state index in [1.165, 1.54) is 0 Å². The minimum absolute atomic E-state index is 0.0195. The van der Waals surface area contributed by atoms with E-state index >= 15 is 0 Å². The maximum Gasteiger partial charge on any atom is 0.360 e. The molecule has 0 aliphatic rings. The highest BCUT2D eigenvalue weighted by molar-refractivity contribution is 6.07. The number of rotatable bonds is 9. The highest BCUT2D eigenvalue weighted by Gasteiger charge is 2.20. The maximum absolute atomic E-state index is 12.7. The van der Waals surface area contributed by atoms with E-state index in [1.807, 2.05) is 0 Å². The second kappa shape index (κ2) is 10.9. The average Bonchev–Trinajstić information content (AvgIpc) is 2.80. The van der Waals surface area contributed by atoms with Gasteiger partial charge in [0.05, 0.1) is 24.6 Å². The van der Waals surface area contributed by atoms with Gasteiger partial charge in [-0.3, -0.25) is 9.59 Å². The Bertz CT molecular complexity index is 1120. The first-order valence-corrected chi connectivity index (χ1v) is 10.4. The molecule has 0 spiro atoms. The van der Waals surface area contributed by atoms with E-state index < -0.39 is 17.4 Å². The summed E-state index contributed by atoms with van der Waals surface area (Å²) in [4.78, 5) is 37.9. The van der Waals surface area contributed by atoms with Crippen molar-refractivity contribution in [2.45, 2.75) is 26.7 Å². The molecule has 32 heavy (non-hydrogen) atoms. The van der Waals surface area contributed by atoms with Crippen LogP contribution in [0.25, 0.3) is 5.69 Å². The van der Waals surface area contributed by atoms with Gasteiger partial charge in [0.1, 0.15) is 5.75 Å². The molecule has 8 heteroatoms. The SMILES string of the molecule is CCCCOc1ccc(C(=O)Nc2cc(=O)n(-c3ccccc3)nc2C(=O)OCC)cc1. The summed E-state index contributed by atoms with van der Waals surface area (Å²) in [5.74, 6) is -0.573. The van der Waals surface area contributed by atoms with Gasteiger partial charge in [0, 0.05) is 11.6 Å². The predicted octanol–water partition coefficient (Wildman–Crippen LogP) is 3.84. The molecule has 0 aliphatic heterocycles. The highest BCUT2D eigenvalue weighted by Crippen LogP contribution is 2.17. The number of para-hydroxylation sites is 1. The third-order valence-corrected chi connectivity index (χ3v) is 4.53. The van der Waals surface area contributed by atoms with Crippen LogP contribution < -0.4 is 15.6 Å². The minimum Gasteiger partial charge on any atom is -0.494 e. The number of anilines is 1. The number of benzene rings is 2. The summed E-state index contributed by atoms with van der Waals surface area (Å²) in [6, 6.07) is 16.4. The fourth-order valence-electron chi connectivity index (χ4n) is 2.89. The van der Waals surface area contributed by atoms with E-state index in [1.54, 1.807) is 61.5 Å². The molecule has 0 unspecified atom stereocenters. The van der Waals surface area contributed by atoms with Crippen LogP contribution in [0.3, 0.4) is 0 Å². The van der Waals surface area contributed by atoms with Crippen molar-refractivity contribution in [2.75, 3.05) is 18.5 Å². The van der Waals surface area contributed by atoms with Crippen LogP contribution in [0.15, 0.2) is 65.5 Å². The van der Waals surface area contributed by atoms with Crippen molar-refractivity contribution in [3.05, 3.63) is 82.3 Å². The van der Waals surface area contributed by atoms with Gasteiger partial charge in [-0.15, -0.1) is 0 Å². The first-order valence-electron chi connectivity index (χ1n) is 10.4. The lowest BCUT2D eigenvalue weighted by Gasteiger charge is -2.12. The Balaban J connectivity index is 1.87. The Morgan fingerprint density at radius 2 is 1.75 bits per heavy atom. The second-order valence-corrected chi connectivity index (χ2v) is 6.89. The minimum atomic E-state index is -0.743. The number of carbonyl (C=O) groups is 2. The largest absolute Gasteiger partial charge is 0.494 e. The van der Waals surface area contributed by atoms with Gasteiger partial charge >= 0.3 is 5.97 Å². The molecular formula is C24H25N3O5. The number of esters is 1. The van der Waals surface area contributed by atoms with Gasteiger partial charge in [0.15, 0.2) is 5.69 Å². The molecule has 1 N–H and O–H groups in total. The molecule has 0 saturated heterocycles. The summed E-state index contributed by atoms with van der Waals surface area (Å²) >= 11 is 0. The van der Waals surface area contributed by atoms with Gasteiger partial charge < -0.3 is 14.8 Å². The van der Waals surface area contributed by atoms with E-state index in [0.29, 0.717) is 23.6 Å². The summed E-state index contributed by atoms with van der Waals surface area (Å²) < 4.78 is 11.8. The van der Waals surface area contributed by atoms with Crippen molar-refractivity contribution in [3.8, 4) is 11.4 Å². The number of carbonyl (C=O) groups excluding carboxylic acids is 2. The van der Waals surface area contributed by atoms with Crippen LogP contribution in [0.5, 0.6) is 5.75 Å². The number of nitrogens with zero attached hydrogens (tertiary/aromatic N) is 2. The molecular weight excluding hydrogens is 410 g/mol. The number of hydrogen-bond donors (Lipinski definition) is 1. The lowest BCUT2D eigenvalue weighted by atomic mass is 10.2. The molecule has 0 bridgehead atoms. The zero-order valence-electron chi connectivity index (χ0n) is 18.0. The van der Waals surface area contributed by atoms with Gasteiger partial charge in [-0.05, 0) is 49.7 Å². The number of aromatic nitrogens is 2.